The summed E-state index contributed by atoms with van der Waals surface area (Å²) in [7, 11) is 0. The van der Waals surface area contributed by atoms with Crippen LogP contribution in [0.3, 0.4) is 0 Å². The smallest absolute Gasteiger partial charge is 0.191 e. The van der Waals surface area contributed by atoms with Gasteiger partial charge in [-0.25, -0.2) is 4.99 Å². The van der Waals surface area contributed by atoms with Crippen LogP contribution in [0.5, 0.6) is 5.75 Å². The fourth-order valence-electron chi connectivity index (χ4n) is 3.17. The fourth-order valence-corrected chi connectivity index (χ4v) is 3.17. The van der Waals surface area contributed by atoms with E-state index in [1.165, 1.54) is 12.8 Å². The Balaban J connectivity index is 0.00000392. The first kappa shape index (κ1) is 25.0. The average molecular weight is 503 g/mol. The number of aliphatic hydroxyl groups excluding tert-OH is 1. The largest absolute Gasteiger partial charge is 0.493 e. The Labute approximate surface area is 187 Å². The lowest BCUT2D eigenvalue weighted by Gasteiger charge is -2.20. The Morgan fingerprint density at radius 3 is 2.64 bits per heavy atom. The van der Waals surface area contributed by atoms with Gasteiger partial charge >= 0.3 is 0 Å². The van der Waals surface area contributed by atoms with Gasteiger partial charge in [0.2, 0.25) is 0 Å². The van der Waals surface area contributed by atoms with Gasteiger partial charge in [-0.1, -0.05) is 32.0 Å². The van der Waals surface area contributed by atoms with Crippen LogP contribution in [0.1, 0.15) is 52.0 Å². The number of ether oxygens (including phenoxy) is 1. The van der Waals surface area contributed by atoms with Crippen LogP contribution in [-0.2, 0) is 6.54 Å². The highest BCUT2D eigenvalue weighted by Crippen LogP contribution is 2.30. The second-order valence-corrected chi connectivity index (χ2v) is 7.95. The predicted molar refractivity (Wildman–Crippen MR) is 128 cm³/mol. The number of nitrogens with zero attached hydrogens (tertiary/aromatic N) is 1. The van der Waals surface area contributed by atoms with Crippen molar-refractivity contribution in [3.63, 3.8) is 0 Å². The van der Waals surface area contributed by atoms with Gasteiger partial charge in [-0.3, -0.25) is 0 Å². The lowest BCUT2D eigenvalue weighted by atomic mass is 9.94. The van der Waals surface area contributed by atoms with E-state index in [0.29, 0.717) is 18.4 Å². The molecule has 1 fully saturated rings. The van der Waals surface area contributed by atoms with E-state index < -0.39 is 0 Å². The van der Waals surface area contributed by atoms with Crippen LogP contribution in [0.2, 0.25) is 0 Å². The number of guanidine groups is 1. The van der Waals surface area contributed by atoms with E-state index in [4.69, 9.17) is 9.73 Å². The maximum atomic E-state index is 9.31. The van der Waals surface area contributed by atoms with Gasteiger partial charge in [0.15, 0.2) is 5.96 Å². The maximum Gasteiger partial charge on any atom is 0.191 e. The van der Waals surface area contributed by atoms with E-state index >= 15 is 0 Å². The zero-order chi connectivity index (χ0) is 19.5. The van der Waals surface area contributed by atoms with Crippen molar-refractivity contribution in [1.82, 2.24) is 10.6 Å². The first-order valence-electron chi connectivity index (χ1n) is 10.5. The zero-order valence-corrected chi connectivity index (χ0v) is 19.9. The molecule has 2 rings (SSSR count). The Morgan fingerprint density at radius 1 is 1.25 bits per heavy atom. The minimum Gasteiger partial charge on any atom is -0.493 e. The quantitative estimate of drug-likeness (QED) is 0.227. The van der Waals surface area contributed by atoms with Gasteiger partial charge < -0.3 is 20.5 Å². The van der Waals surface area contributed by atoms with Crippen molar-refractivity contribution in [3.05, 3.63) is 29.8 Å². The van der Waals surface area contributed by atoms with Crippen molar-refractivity contribution < 1.29 is 9.84 Å². The molecule has 0 aliphatic heterocycles. The Morgan fingerprint density at radius 2 is 2.00 bits per heavy atom. The van der Waals surface area contributed by atoms with Crippen molar-refractivity contribution in [1.29, 1.82) is 0 Å². The monoisotopic (exact) mass is 503 g/mol. The molecule has 1 atom stereocenters. The molecule has 0 spiro atoms. The fraction of sp³-hybridized carbons (Fsp3) is 0.682. The summed E-state index contributed by atoms with van der Waals surface area (Å²) in [4.78, 5) is 4.75. The standard InChI is InChI=1S/C22H37N3O2.HI/c1-4-23-22(24-14-19(11-12-26)13-17(2)3)25-15-20-7-5-6-8-21(20)27-16-18-9-10-18;/h5-8,17-19,26H,4,9-16H2,1-3H3,(H2,23,24,25);1H. The lowest BCUT2D eigenvalue weighted by Crippen LogP contribution is -2.40. The number of hydrogen-bond acceptors (Lipinski definition) is 3. The third-order valence-corrected chi connectivity index (χ3v) is 4.80. The summed E-state index contributed by atoms with van der Waals surface area (Å²) in [5, 5.41) is 16.1. The molecule has 1 aromatic carbocycles. The molecule has 28 heavy (non-hydrogen) atoms. The van der Waals surface area contributed by atoms with Gasteiger partial charge in [-0.15, -0.1) is 24.0 Å². The molecule has 1 saturated carbocycles. The van der Waals surface area contributed by atoms with Crippen LogP contribution in [0.25, 0.3) is 0 Å². The van der Waals surface area contributed by atoms with E-state index in [2.05, 4.69) is 37.5 Å². The Bertz CT molecular complexity index is 577. The Kier molecular flexibility index (Phi) is 12.5. The predicted octanol–water partition coefficient (Wildman–Crippen LogP) is 4.19. The van der Waals surface area contributed by atoms with E-state index in [1.54, 1.807) is 0 Å². The van der Waals surface area contributed by atoms with E-state index in [0.717, 1.165) is 55.7 Å². The van der Waals surface area contributed by atoms with Crippen LogP contribution in [0.4, 0.5) is 0 Å². The summed E-state index contributed by atoms with van der Waals surface area (Å²) in [6.07, 6.45) is 4.51. The summed E-state index contributed by atoms with van der Waals surface area (Å²) >= 11 is 0. The second-order valence-electron chi connectivity index (χ2n) is 7.95. The topological polar surface area (TPSA) is 65.9 Å². The Hall–Kier alpha value is -1.02. The normalized spacial score (nSPS) is 15.1. The van der Waals surface area contributed by atoms with Crippen molar-refractivity contribution >= 4 is 29.9 Å². The molecule has 0 bridgehead atoms. The summed E-state index contributed by atoms with van der Waals surface area (Å²) < 4.78 is 5.99. The number of aliphatic imine (C=N–C) groups is 1. The summed E-state index contributed by atoms with van der Waals surface area (Å²) in [6, 6.07) is 8.18. The van der Waals surface area contributed by atoms with Crippen LogP contribution < -0.4 is 15.4 Å². The van der Waals surface area contributed by atoms with Gasteiger partial charge in [0.05, 0.1) is 13.2 Å². The van der Waals surface area contributed by atoms with Crippen molar-refractivity contribution in [2.24, 2.45) is 22.7 Å². The number of nitrogens with one attached hydrogen (secondary N) is 2. The second kappa shape index (κ2) is 14.0. The van der Waals surface area contributed by atoms with Gasteiger partial charge in [0, 0.05) is 25.3 Å². The van der Waals surface area contributed by atoms with Gasteiger partial charge in [0.1, 0.15) is 5.75 Å². The molecule has 1 aliphatic carbocycles. The highest BCUT2D eigenvalue weighted by Gasteiger charge is 2.22. The number of benzene rings is 1. The molecular weight excluding hydrogens is 465 g/mol. The van der Waals surface area contributed by atoms with Gasteiger partial charge in [-0.2, -0.15) is 0 Å². The lowest BCUT2D eigenvalue weighted by molar-refractivity contribution is 0.243. The summed E-state index contributed by atoms with van der Waals surface area (Å²) in [6.45, 7) is 9.80. The van der Waals surface area contributed by atoms with Gasteiger partial charge in [-0.05, 0) is 56.4 Å². The number of rotatable bonds is 12. The number of para-hydroxylation sites is 1. The third-order valence-electron chi connectivity index (χ3n) is 4.80. The number of halogens is 1. The first-order valence-corrected chi connectivity index (χ1v) is 10.5. The molecule has 1 aliphatic rings. The summed E-state index contributed by atoms with van der Waals surface area (Å²) in [5.41, 5.74) is 1.12. The first-order chi connectivity index (χ1) is 13.1. The van der Waals surface area contributed by atoms with Gasteiger partial charge in [0.25, 0.3) is 0 Å². The van der Waals surface area contributed by atoms with Crippen molar-refractivity contribution in [3.8, 4) is 5.75 Å². The molecule has 1 unspecified atom stereocenters. The minimum atomic E-state index is 0. The SMILES string of the molecule is CCNC(=NCc1ccccc1OCC1CC1)NCC(CCO)CC(C)C.I. The molecule has 6 heteroatoms. The van der Waals surface area contributed by atoms with Crippen LogP contribution in [0.15, 0.2) is 29.3 Å². The third kappa shape index (κ3) is 9.96. The van der Waals surface area contributed by atoms with Crippen LogP contribution in [-0.4, -0.2) is 37.4 Å². The molecule has 1 aromatic rings. The average Bonchev–Trinajstić information content (AvgIpc) is 3.47. The molecule has 0 amide bonds. The maximum absolute atomic E-state index is 9.31. The molecule has 0 radical (unpaired) electrons. The minimum absolute atomic E-state index is 0. The molecule has 0 heterocycles. The van der Waals surface area contributed by atoms with Crippen molar-refractivity contribution in [2.45, 2.75) is 53.0 Å². The van der Waals surface area contributed by atoms with Crippen LogP contribution in [0, 0.1) is 17.8 Å². The molecule has 0 aromatic heterocycles. The highest BCUT2D eigenvalue weighted by atomic mass is 127. The number of hydrogen-bond donors (Lipinski definition) is 3. The van der Waals surface area contributed by atoms with Crippen LogP contribution >= 0.6 is 24.0 Å². The molecule has 160 valence electrons. The summed E-state index contributed by atoms with van der Waals surface area (Å²) in [5.74, 6) is 3.58. The molecular formula is C22H38IN3O2. The number of aliphatic hydroxyl groups is 1. The molecule has 5 nitrogen and oxygen atoms in total. The molecule has 3 N–H and O–H groups in total. The van der Waals surface area contributed by atoms with E-state index in [-0.39, 0.29) is 30.6 Å². The molecule has 0 saturated heterocycles. The van der Waals surface area contributed by atoms with E-state index in [1.807, 2.05) is 18.2 Å². The zero-order valence-electron chi connectivity index (χ0n) is 17.6. The highest BCUT2D eigenvalue weighted by molar-refractivity contribution is 14.0. The van der Waals surface area contributed by atoms with E-state index in [9.17, 15) is 5.11 Å². The van der Waals surface area contributed by atoms with Crippen molar-refractivity contribution in [2.75, 3.05) is 26.3 Å².